The van der Waals surface area contributed by atoms with Crippen molar-refractivity contribution < 1.29 is 28.5 Å². The first kappa shape index (κ1) is 35.6. The van der Waals surface area contributed by atoms with E-state index in [-0.39, 0.29) is 18.5 Å². The molecule has 48 heavy (non-hydrogen) atoms. The summed E-state index contributed by atoms with van der Waals surface area (Å²) in [6.07, 6.45) is 3.92. The maximum Gasteiger partial charge on any atom is 0.348 e. The highest BCUT2D eigenvalue weighted by Crippen LogP contribution is 2.36. The van der Waals surface area contributed by atoms with Crippen molar-refractivity contribution >= 4 is 46.5 Å². The summed E-state index contributed by atoms with van der Waals surface area (Å²) in [6, 6.07) is 18.4. The standard InChI is InChI=1S/C36H39Cl2N3O6S/c1-36(24-8-6-5-7-9-24,35(43)46-25-14-16-41(2)17-15-25)40-20-26-11-13-33(48-26)34(42)47-31(19-27-28(37)21-39-22-29(27)38)23-10-12-30(44-3)32(18-23)45-4/h5-13,18,21-22,25,31,40H,14-17,19-20H2,1-4H3/t31-,36?/m0/s1. The Morgan fingerprint density at radius 3 is 2.35 bits per heavy atom. The molecule has 1 saturated heterocycles. The van der Waals surface area contributed by atoms with E-state index in [1.54, 1.807) is 31.4 Å². The van der Waals surface area contributed by atoms with Crippen molar-refractivity contribution in [2.75, 3.05) is 34.4 Å². The molecule has 1 N–H and O–H groups in total. The van der Waals surface area contributed by atoms with E-state index in [2.05, 4.69) is 22.2 Å². The number of halogens is 2. The average molecular weight is 713 g/mol. The van der Waals surface area contributed by atoms with Gasteiger partial charge in [-0.15, -0.1) is 11.3 Å². The van der Waals surface area contributed by atoms with E-state index >= 15 is 0 Å². The number of nitrogens with one attached hydrogen (secondary N) is 1. The molecule has 2 aromatic heterocycles. The molecule has 5 rings (SSSR count). The van der Waals surface area contributed by atoms with Gasteiger partial charge in [-0.3, -0.25) is 10.3 Å². The largest absolute Gasteiger partial charge is 0.493 e. The molecule has 1 fully saturated rings. The summed E-state index contributed by atoms with van der Waals surface area (Å²) >= 11 is 14.2. The highest BCUT2D eigenvalue weighted by atomic mass is 35.5. The number of aromatic nitrogens is 1. The van der Waals surface area contributed by atoms with Crippen LogP contribution >= 0.6 is 34.5 Å². The maximum absolute atomic E-state index is 13.7. The lowest BCUT2D eigenvalue weighted by Gasteiger charge is -2.34. The molecule has 1 aliphatic rings. The minimum atomic E-state index is -1.10. The topological polar surface area (TPSA) is 99.2 Å². The molecule has 1 unspecified atom stereocenters. The molecule has 12 heteroatoms. The number of benzene rings is 2. The number of piperidine rings is 1. The second-order valence-corrected chi connectivity index (χ2v) is 13.8. The molecule has 254 valence electrons. The Labute approximate surface area is 295 Å². The normalized spacial score (nSPS) is 15.7. The highest BCUT2D eigenvalue weighted by Gasteiger charge is 2.38. The summed E-state index contributed by atoms with van der Waals surface area (Å²) in [5, 5.41) is 4.16. The number of pyridine rings is 1. The molecular weight excluding hydrogens is 673 g/mol. The molecule has 0 spiro atoms. The quantitative estimate of drug-likeness (QED) is 0.144. The van der Waals surface area contributed by atoms with Gasteiger partial charge < -0.3 is 23.8 Å². The summed E-state index contributed by atoms with van der Waals surface area (Å²) in [6.45, 7) is 3.94. The molecule has 4 aromatic rings. The van der Waals surface area contributed by atoms with E-state index in [4.69, 9.17) is 42.1 Å². The van der Waals surface area contributed by atoms with Crippen LogP contribution in [0.2, 0.25) is 10.0 Å². The SMILES string of the molecule is COc1ccc([C@H](Cc2c(Cl)cncc2Cl)OC(=O)c2ccc(CNC(C)(C(=O)OC3CCN(C)CC3)c3ccccc3)s2)cc1OC. The smallest absolute Gasteiger partial charge is 0.348 e. The molecule has 2 atom stereocenters. The van der Waals surface area contributed by atoms with E-state index in [9.17, 15) is 9.59 Å². The fourth-order valence-corrected chi connectivity index (χ4v) is 6.92. The Balaban J connectivity index is 1.33. The van der Waals surface area contributed by atoms with Gasteiger partial charge in [0.15, 0.2) is 11.5 Å². The molecular formula is C36H39Cl2N3O6S. The van der Waals surface area contributed by atoms with Gasteiger partial charge in [-0.1, -0.05) is 59.6 Å². The second-order valence-electron chi connectivity index (χ2n) is 11.8. The van der Waals surface area contributed by atoms with Crippen molar-refractivity contribution in [1.82, 2.24) is 15.2 Å². The van der Waals surface area contributed by atoms with Gasteiger partial charge in [-0.05, 0) is 67.8 Å². The summed E-state index contributed by atoms with van der Waals surface area (Å²) in [7, 11) is 5.16. The number of nitrogens with zero attached hydrogens (tertiary/aromatic N) is 2. The highest BCUT2D eigenvalue weighted by molar-refractivity contribution is 7.13. The Hall–Kier alpha value is -3.67. The van der Waals surface area contributed by atoms with Gasteiger partial charge in [0, 0.05) is 43.3 Å². The molecule has 1 aliphatic heterocycles. The van der Waals surface area contributed by atoms with Gasteiger partial charge in [-0.2, -0.15) is 0 Å². The van der Waals surface area contributed by atoms with Crippen molar-refractivity contribution in [1.29, 1.82) is 0 Å². The minimum absolute atomic E-state index is 0.128. The van der Waals surface area contributed by atoms with E-state index in [0.29, 0.717) is 44.1 Å². The number of likely N-dealkylation sites (tertiary alicyclic amines) is 1. The van der Waals surface area contributed by atoms with E-state index < -0.39 is 17.6 Å². The number of ether oxygens (including phenoxy) is 4. The Morgan fingerprint density at radius 1 is 1.00 bits per heavy atom. The lowest BCUT2D eigenvalue weighted by atomic mass is 9.91. The van der Waals surface area contributed by atoms with Crippen LogP contribution < -0.4 is 14.8 Å². The summed E-state index contributed by atoms with van der Waals surface area (Å²) in [5.41, 5.74) is 0.969. The van der Waals surface area contributed by atoms with Crippen molar-refractivity contribution in [3.05, 3.63) is 110 Å². The van der Waals surface area contributed by atoms with Crippen LogP contribution in [-0.4, -0.2) is 62.3 Å². The lowest BCUT2D eigenvalue weighted by Crippen LogP contribution is -2.49. The zero-order valence-electron chi connectivity index (χ0n) is 27.3. The van der Waals surface area contributed by atoms with Gasteiger partial charge in [0.05, 0.1) is 24.3 Å². The molecule has 3 heterocycles. The van der Waals surface area contributed by atoms with Crippen LogP contribution in [0.5, 0.6) is 11.5 Å². The van der Waals surface area contributed by atoms with Crippen molar-refractivity contribution in [3.63, 3.8) is 0 Å². The molecule has 0 aliphatic carbocycles. The van der Waals surface area contributed by atoms with Crippen LogP contribution in [0.1, 0.15) is 57.1 Å². The Bertz CT molecular complexity index is 1690. The second kappa shape index (κ2) is 16.2. The van der Waals surface area contributed by atoms with Crippen molar-refractivity contribution in [2.45, 2.75) is 50.5 Å². The number of esters is 2. The summed E-state index contributed by atoms with van der Waals surface area (Å²) in [4.78, 5) is 34.8. The van der Waals surface area contributed by atoms with E-state index in [1.807, 2.05) is 43.3 Å². The van der Waals surface area contributed by atoms with Crippen LogP contribution in [0, 0.1) is 0 Å². The molecule has 0 radical (unpaired) electrons. The van der Waals surface area contributed by atoms with Gasteiger partial charge in [0.2, 0.25) is 0 Å². The molecule has 2 aromatic carbocycles. The number of carbonyl (C=O) groups is 2. The van der Waals surface area contributed by atoms with Gasteiger partial charge in [-0.25, -0.2) is 9.59 Å². The minimum Gasteiger partial charge on any atom is -0.493 e. The molecule has 0 bridgehead atoms. The first-order valence-electron chi connectivity index (χ1n) is 15.6. The monoisotopic (exact) mass is 711 g/mol. The van der Waals surface area contributed by atoms with Crippen LogP contribution in [-0.2, 0) is 32.8 Å². The van der Waals surface area contributed by atoms with Gasteiger partial charge in [0.25, 0.3) is 0 Å². The Morgan fingerprint density at radius 2 is 1.69 bits per heavy atom. The number of rotatable bonds is 13. The van der Waals surface area contributed by atoms with Crippen molar-refractivity contribution in [3.8, 4) is 11.5 Å². The zero-order chi connectivity index (χ0) is 34.3. The fraction of sp³-hybridized carbons (Fsp3) is 0.361. The van der Waals surface area contributed by atoms with Crippen molar-refractivity contribution in [2.24, 2.45) is 0 Å². The zero-order valence-corrected chi connectivity index (χ0v) is 29.7. The predicted molar refractivity (Wildman–Crippen MR) is 187 cm³/mol. The molecule has 0 saturated carbocycles. The number of methoxy groups -OCH3 is 2. The third-order valence-electron chi connectivity index (χ3n) is 8.55. The number of carbonyl (C=O) groups excluding carboxylic acids is 2. The Kier molecular flexibility index (Phi) is 12.0. The number of thiophene rings is 1. The molecule has 9 nitrogen and oxygen atoms in total. The molecule has 0 amide bonds. The fourth-order valence-electron chi connectivity index (χ4n) is 5.57. The van der Waals surface area contributed by atoms with Crippen LogP contribution in [0.4, 0.5) is 0 Å². The van der Waals surface area contributed by atoms with E-state index in [1.165, 1.54) is 30.8 Å². The van der Waals surface area contributed by atoms with Crippen LogP contribution in [0.15, 0.2) is 73.1 Å². The van der Waals surface area contributed by atoms with Crippen LogP contribution in [0.25, 0.3) is 0 Å². The van der Waals surface area contributed by atoms with Crippen LogP contribution in [0.3, 0.4) is 0 Å². The van der Waals surface area contributed by atoms with Gasteiger partial charge in [0.1, 0.15) is 22.6 Å². The average Bonchev–Trinajstić information content (AvgIpc) is 3.59. The predicted octanol–water partition coefficient (Wildman–Crippen LogP) is 7.25. The van der Waals surface area contributed by atoms with E-state index in [0.717, 1.165) is 36.4 Å². The van der Waals surface area contributed by atoms with Gasteiger partial charge >= 0.3 is 11.9 Å². The third kappa shape index (κ3) is 8.48. The first-order chi connectivity index (χ1) is 23.1. The first-order valence-corrected chi connectivity index (χ1v) is 17.2. The lowest BCUT2D eigenvalue weighted by molar-refractivity contribution is -0.159. The third-order valence-corrected chi connectivity index (χ3v) is 10.3. The number of hydrogen-bond acceptors (Lipinski definition) is 10. The summed E-state index contributed by atoms with van der Waals surface area (Å²) < 4.78 is 23.0. The number of hydrogen-bond donors (Lipinski definition) is 1. The maximum atomic E-state index is 13.7. The summed E-state index contributed by atoms with van der Waals surface area (Å²) in [5.74, 6) is 0.188.